The van der Waals surface area contributed by atoms with Crippen LogP contribution in [0.25, 0.3) is 0 Å². The molecule has 1 aromatic rings. The third kappa shape index (κ3) is 2.43. The summed E-state index contributed by atoms with van der Waals surface area (Å²) in [4.78, 5) is 1.24. The molecular weight excluding hydrogens is 251 g/mol. The van der Waals surface area contributed by atoms with Crippen molar-refractivity contribution in [1.82, 2.24) is 0 Å². The first-order valence-corrected chi connectivity index (χ1v) is 6.51. The Morgan fingerprint density at radius 2 is 2.11 bits per heavy atom. The normalized spacial score (nSPS) is 17.3. The molecule has 1 aliphatic carbocycles. The lowest BCUT2D eigenvalue weighted by Gasteiger charge is -2.16. The summed E-state index contributed by atoms with van der Waals surface area (Å²) in [5, 5.41) is 1.95. The lowest BCUT2D eigenvalue weighted by molar-refractivity contribution is 0.235. The highest BCUT2D eigenvalue weighted by molar-refractivity contribution is 8.05. The van der Waals surface area contributed by atoms with Crippen molar-refractivity contribution < 1.29 is 13.9 Å². The Labute approximate surface area is 109 Å². The highest BCUT2D eigenvalue weighted by atomic mass is 32.2. The van der Waals surface area contributed by atoms with Gasteiger partial charge in [-0.05, 0) is 30.3 Å². The Bertz CT molecular complexity index is 543. The van der Waals surface area contributed by atoms with Crippen LogP contribution in [0.2, 0.25) is 0 Å². The molecule has 3 rings (SSSR count). The Morgan fingerprint density at radius 1 is 1.28 bits per heavy atom. The highest BCUT2D eigenvalue weighted by Crippen LogP contribution is 2.37. The molecule has 18 heavy (non-hydrogen) atoms. The smallest absolute Gasteiger partial charge is 0.148 e. The molecule has 0 spiro atoms. The Morgan fingerprint density at radius 3 is 2.94 bits per heavy atom. The Balaban J connectivity index is 1.58. The topological polar surface area (TPSA) is 18.5 Å². The fraction of sp³-hybridized carbons (Fsp3) is 0.143. The Kier molecular flexibility index (Phi) is 3.11. The first-order valence-electron chi connectivity index (χ1n) is 5.63. The van der Waals surface area contributed by atoms with Gasteiger partial charge in [0.15, 0.2) is 0 Å². The highest BCUT2D eigenvalue weighted by Gasteiger charge is 2.17. The van der Waals surface area contributed by atoms with Crippen molar-refractivity contribution in [2.24, 2.45) is 0 Å². The lowest BCUT2D eigenvalue weighted by Crippen LogP contribution is -2.06. The van der Waals surface area contributed by atoms with E-state index in [0.717, 1.165) is 17.9 Å². The van der Waals surface area contributed by atoms with Gasteiger partial charge in [0.25, 0.3) is 0 Å². The van der Waals surface area contributed by atoms with Crippen LogP contribution in [0.15, 0.2) is 58.2 Å². The Hall–Kier alpha value is -1.68. The fourth-order valence-corrected chi connectivity index (χ4v) is 2.52. The molecule has 2 nitrogen and oxygen atoms in total. The van der Waals surface area contributed by atoms with E-state index in [1.807, 2.05) is 11.5 Å². The lowest BCUT2D eigenvalue weighted by atomic mass is 10.3. The van der Waals surface area contributed by atoms with E-state index in [1.165, 1.54) is 17.0 Å². The summed E-state index contributed by atoms with van der Waals surface area (Å²) >= 11 is 1.67. The quantitative estimate of drug-likeness (QED) is 0.821. The van der Waals surface area contributed by atoms with Crippen LogP contribution in [0, 0.1) is 5.82 Å². The van der Waals surface area contributed by atoms with Crippen molar-refractivity contribution in [2.45, 2.75) is 6.42 Å². The molecule has 0 radical (unpaired) electrons. The number of hydrogen-bond acceptors (Lipinski definition) is 3. The number of ether oxygens (including phenoxy) is 2. The van der Waals surface area contributed by atoms with E-state index in [0.29, 0.717) is 12.4 Å². The summed E-state index contributed by atoms with van der Waals surface area (Å²) in [7, 11) is 0. The van der Waals surface area contributed by atoms with Crippen molar-refractivity contribution in [1.29, 1.82) is 0 Å². The second-order valence-corrected chi connectivity index (χ2v) is 4.90. The largest absolute Gasteiger partial charge is 0.486 e. The fourth-order valence-electron chi connectivity index (χ4n) is 1.71. The molecule has 0 amide bonds. The van der Waals surface area contributed by atoms with Gasteiger partial charge in [0, 0.05) is 16.7 Å². The van der Waals surface area contributed by atoms with Gasteiger partial charge in [-0.15, -0.1) is 0 Å². The average Bonchev–Trinajstić information content (AvgIpc) is 2.85. The first kappa shape index (κ1) is 11.4. The van der Waals surface area contributed by atoms with Crippen LogP contribution in [0.4, 0.5) is 4.39 Å². The van der Waals surface area contributed by atoms with Gasteiger partial charge in [0.1, 0.15) is 29.7 Å². The summed E-state index contributed by atoms with van der Waals surface area (Å²) < 4.78 is 23.9. The molecule has 1 heterocycles. The van der Waals surface area contributed by atoms with Crippen molar-refractivity contribution in [2.75, 3.05) is 6.61 Å². The molecule has 0 saturated heterocycles. The second-order valence-electron chi connectivity index (χ2n) is 3.94. The molecule has 92 valence electrons. The molecular formula is C14H11FO2S. The van der Waals surface area contributed by atoms with E-state index >= 15 is 0 Å². The summed E-state index contributed by atoms with van der Waals surface area (Å²) in [6.45, 7) is 0.350. The van der Waals surface area contributed by atoms with Crippen LogP contribution < -0.4 is 4.74 Å². The monoisotopic (exact) mass is 262 g/mol. The minimum atomic E-state index is -0.267. The van der Waals surface area contributed by atoms with E-state index in [2.05, 4.69) is 6.08 Å². The van der Waals surface area contributed by atoms with E-state index in [9.17, 15) is 4.39 Å². The standard InChI is InChI=1S/C14H11FO2S/c15-10-4-6-11(7-5-10)16-8-12-9-18-14-3-1-2-13(14)17-12/h1-2,4-7,9H,3,8H2. The van der Waals surface area contributed by atoms with Crippen molar-refractivity contribution >= 4 is 11.8 Å². The molecule has 0 bridgehead atoms. The predicted octanol–water partition coefficient (Wildman–Crippen LogP) is 3.98. The van der Waals surface area contributed by atoms with Crippen LogP contribution in [-0.4, -0.2) is 6.61 Å². The molecule has 2 aliphatic rings. The van der Waals surface area contributed by atoms with Crippen molar-refractivity contribution in [3.05, 3.63) is 64.1 Å². The van der Waals surface area contributed by atoms with Crippen molar-refractivity contribution in [3.63, 3.8) is 0 Å². The van der Waals surface area contributed by atoms with E-state index in [1.54, 1.807) is 23.9 Å². The van der Waals surface area contributed by atoms with Crippen LogP contribution in [0.3, 0.4) is 0 Å². The maximum atomic E-state index is 12.7. The molecule has 0 N–H and O–H groups in total. The molecule has 4 heteroatoms. The minimum absolute atomic E-state index is 0.267. The van der Waals surface area contributed by atoms with Crippen LogP contribution in [0.1, 0.15) is 6.42 Å². The summed E-state index contributed by atoms with van der Waals surface area (Å²) in [6, 6.07) is 5.96. The van der Waals surface area contributed by atoms with Gasteiger partial charge >= 0.3 is 0 Å². The van der Waals surface area contributed by atoms with Crippen LogP contribution in [0.5, 0.6) is 5.75 Å². The van der Waals surface area contributed by atoms with Gasteiger partial charge in [-0.25, -0.2) is 4.39 Å². The third-order valence-corrected chi connectivity index (χ3v) is 3.65. The van der Waals surface area contributed by atoms with Gasteiger partial charge in [-0.3, -0.25) is 0 Å². The van der Waals surface area contributed by atoms with Gasteiger partial charge in [0.05, 0.1) is 0 Å². The van der Waals surface area contributed by atoms with E-state index in [4.69, 9.17) is 9.47 Å². The molecule has 0 atom stereocenters. The third-order valence-electron chi connectivity index (χ3n) is 2.62. The number of halogens is 1. The number of allylic oxidation sites excluding steroid dienone is 3. The second kappa shape index (κ2) is 4.90. The van der Waals surface area contributed by atoms with E-state index in [-0.39, 0.29) is 5.82 Å². The average molecular weight is 262 g/mol. The minimum Gasteiger partial charge on any atom is -0.486 e. The summed E-state index contributed by atoms with van der Waals surface area (Å²) in [5.41, 5.74) is 0. The summed E-state index contributed by atoms with van der Waals surface area (Å²) in [5.74, 6) is 2.05. The van der Waals surface area contributed by atoms with Gasteiger partial charge in [0.2, 0.25) is 0 Å². The van der Waals surface area contributed by atoms with Gasteiger partial charge in [-0.2, -0.15) is 0 Å². The first-order chi connectivity index (χ1) is 8.81. The zero-order valence-corrected chi connectivity index (χ0v) is 10.4. The van der Waals surface area contributed by atoms with Gasteiger partial charge in [-0.1, -0.05) is 17.8 Å². The number of rotatable bonds is 3. The molecule has 1 aromatic carbocycles. The van der Waals surface area contributed by atoms with Crippen LogP contribution >= 0.6 is 11.8 Å². The van der Waals surface area contributed by atoms with E-state index < -0.39 is 0 Å². The number of hydrogen-bond donors (Lipinski definition) is 0. The molecule has 0 fully saturated rings. The van der Waals surface area contributed by atoms with Crippen LogP contribution in [-0.2, 0) is 4.74 Å². The van der Waals surface area contributed by atoms with Crippen molar-refractivity contribution in [3.8, 4) is 5.75 Å². The number of benzene rings is 1. The predicted molar refractivity (Wildman–Crippen MR) is 69.4 cm³/mol. The molecule has 0 saturated carbocycles. The molecule has 0 unspecified atom stereocenters. The maximum absolute atomic E-state index is 12.7. The SMILES string of the molecule is Fc1ccc(OCC2=CSC3=C(C=CC3)O2)cc1. The van der Waals surface area contributed by atoms with Gasteiger partial charge < -0.3 is 9.47 Å². The maximum Gasteiger partial charge on any atom is 0.148 e. The molecule has 1 aliphatic heterocycles. The molecule has 0 aromatic heterocycles. The number of thioether (sulfide) groups is 1. The zero-order valence-electron chi connectivity index (χ0n) is 9.56. The summed E-state index contributed by atoms with van der Waals surface area (Å²) in [6.07, 6.45) is 5.01. The zero-order chi connectivity index (χ0) is 12.4.